The number of benzene rings is 2. The number of carbonyl (C=O) groups excluding carboxylic acids is 3. The van der Waals surface area contributed by atoms with Gasteiger partial charge >= 0.3 is 0 Å². The SMILES string of the molecule is O=C(NC1CC1)c1ccc(-c2csc(NC(=O)[C@@H]3CCCC4=C(C(=O)C5(c6ccccc6)CC5)C43)n2)cc1. The molecule has 7 rings (SSSR count). The molecule has 2 aromatic carbocycles. The second-order valence-electron chi connectivity index (χ2n) is 11.0. The Labute approximate surface area is 225 Å². The zero-order chi connectivity index (χ0) is 25.9. The molecule has 2 N–H and O–H groups in total. The van der Waals surface area contributed by atoms with Crippen molar-refractivity contribution in [2.24, 2.45) is 11.8 Å². The van der Waals surface area contributed by atoms with Crippen LogP contribution in [0.5, 0.6) is 0 Å². The fourth-order valence-corrected chi connectivity index (χ4v) is 6.73. The van der Waals surface area contributed by atoms with Gasteiger partial charge in [0.25, 0.3) is 5.91 Å². The number of carbonyl (C=O) groups is 3. The predicted octanol–water partition coefficient (Wildman–Crippen LogP) is 5.67. The first-order valence-electron chi connectivity index (χ1n) is 13.5. The number of Topliss-reactive ketones (excluding diaryl/α,β-unsaturated/α-hetero) is 1. The second-order valence-corrected chi connectivity index (χ2v) is 11.9. The maximum absolute atomic E-state index is 13.6. The Morgan fingerprint density at radius 3 is 2.42 bits per heavy atom. The highest BCUT2D eigenvalue weighted by atomic mass is 32.1. The molecule has 0 radical (unpaired) electrons. The molecule has 0 saturated heterocycles. The number of fused-ring (bicyclic) bond motifs is 1. The van der Waals surface area contributed by atoms with Gasteiger partial charge in [-0.3, -0.25) is 14.4 Å². The lowest BCUT2D eigenvalue weighted by atomic mass is 9.84. The van der Waals surface area contributed by atoms with Crippen LogP contribution >= 0.6 is 11.3 Å². The van der Waals surface area contributed by atoms with E-state index in [0.717, 1.165) is 67.3 Å². The summed E-state index contributed by atoms with van der Waals surface area (Å²) in [6.07, 6.45) is 6.55. The molecular weight excluding hydrogens is 494 g/mol. The third kappa shape index (κ3) is 4.19. The minimum atomic E-state index is -0.375. The van der Waals surface area contributed by atoms with Crippen molar-refractivity contribution in [3.8, 4) is 11.3 Å². The summed E-state index contributed by atoms with van der Waals surface area (Å²) in [7, 11) is 0. The van der Waals surface area contributed by atoms with Gasteiger partial charge in [0.1, 0.15) is 0 Å². The molecule has 2 amide bonds. The highest BCUT2D eigenvalue weighted by molar-refractivity contribution is 7.14. The molecule has 0 aliphatic heterocycles. The summed E-state index contributed by atoms with van der Waals surface area (Å²) in [6, 6.07) is 17.8. The lowest BCUT2D eigenvalue weighted by molar-refractivity contribution is -0.121. The number of amides is 2. The van der Waals surface area contributed by atoms with Crippen LogP contribution in [0, 0.1) is 11.8 Å². The minimum absolute atomic E-state index is 0.00815. The summed E-state index contributed by atoms with van der Waals surface area (Å²) < 4.78 is 0. The summed E-state index contributed by atoms with van der Waals surface area (Å²) in [5.41, 5.74) is 5.17. The van der Waals surface area contributed by atoms with Crippen LogP contribution in [-0.4, -0.2) is 28.6 Å². The molecule has 1 aromatic heterocycles. The fourth-order valence-electron chi connectivity index (χ4n) is 6.01. The molecule has 4 aliphatic carbocycles. The zero-order valence-corrected chi connectivity index (χ0v) is 21.9. The van der Waals surface area contributed by atoms with E-state index in [1.807, 2.05) is 47.8 Å². The summed E-state index contributed by atoms with van der Waals surface area (Å²) in [5.74, 6) is -0.0612. The number of nitrogens with one attached hydrogen (secondary N) is 2. The van der Waals surface area contributed by atoms with Crippen molar-refractivity contribution < 1.29 is 14.4 Å². The quantitative estimate of drug-likeness (QED) is 0.398. The lowest BCUT2D eigenvalue weighted by Gasteiger charge is -2.21. The van der Waals surface area contributed by atoms with Crippen molar-refractivity contribution in [2.45, 2.75) is 56.4 Å². The number of aromatic nitrogens is 1. The van der Waals surface area contributed by atoms with Crippen LogP contribution in [0.4, 0.5) is 5.13 Å². The summed E-state index contributed by atoms with van der Waals surface area (Å²) >= 11 is 1.39. The molecule has 192 valence electrons. The van der Waals surface area contributed by atoms with Gasteiger partial charge in [-0.1, -0.05) is 48.0 Å². The van der Waals surface area contributed by atoms with E-state index in [0.29, 0.717) is 16.7 Å². The highest BCUT2D eigenvalue weighted by Gasteiger charge is 2.59. The van der Waals surface area contributed by atoms with Crippen LogP contribution in [0.3, 0.4) is 0 Å². The third-order valence-electron chi connectivity index (χ3n) is 8.49. The van der Waals surface area contributed by atoms with Crippen LogP contribution in [0.2, 0.25) is 0 Å². The number of rotatable bonds is 8. The number of ketones is 1. The summed E-state index contributed by atoms with van der Waals surface area (Å²) in [6.45, 7) is 0. The molecule has 2 atom stereocenters. The first kappa shape index (κ1) is 23.5. The van der Waals surface area contributed by atoms with E-state index in [2.05, 4.69) is 27.8 Å². The van der Waals surface area contributed by atoms with E-state index in [4.69, 9.17) is 0 Å². The molecule has 3 saturated carbocycles. The van der Waals surface area contributed by atoms with E-state index in [1.54, 1.807) is 0 Å². The van der Waals surface area contributed by atoms with Crippen molar-refractivity contribution in [1.29, 1.82) is 0 Å². The van der Waals surface area contributed by atoms with Gasteiger partial charge in [0, 0.05) is 40.0 Å². The molecule has 4 aliphatic rings. The Bertz CT molecular complexity index is 1470. The van der Waals surface area contributed by atoms with E-state index >= 15 is 0 Å². The number of nitrogens with zero attached hydrogens (tertiary/aromatic N) is 1. The number of hydrogen-bond acceptors (Lipinski definition) is 5. The minimum Gasteiger partial charge on any atom is -0.349 e. The second kappa shape index (κ2) is 9.02. The van der Waals surface area contributed by atoms with Crippen molar-refractivity contribution in [2.75, 3.05) is 5.32 Å². The fraction of sp³-hybridized carbons (Fsp3) is 0.355. The summed E-state index contributed by atoms with van der Waals surface area (Å²) in [5, 5.41) is 8.51. The van der Waals surface area contributed by atoms with Crippen molar-refractivity contribution in [3.63, 3.8) is 0 Å². The van der Waals surface area contributed by atoms with E-state index in [-0.39, 0.29) is 34.8 Å². The van der Waals surface area contributed by atoms with E-state index in [9.17, 15) is 14.4 Å². The Kier molecular flexibility index (Phi) is 5.58. The Morgan fingerprint density at radius 2 is 1.71 bits per heavy atom. The summed E-state index contributed by atoms with van der Waals surface area (Å²) in [4.78, 5) is 43.9. The average molecular weight is 524 g/mol. The molecule has 0 bridgehead atoms. The molecule has 0 spiro atoms. The standard InChI is InChI=1S/C31H29N3O3S/c35-27(31(15-16-31)20-5-2-1-3-6-20)26-22-7-4-8-23(25(22)26)29(37)34-30-33-24(17-38-30)18-9-11-19(12-10-18)28(36)32-21-13-14-21/h1-3,5-6,9-12,17,21,23,25H,4,7-8,13-16H2,(H,32,36)(H,33,34,37)/t23-,25?/m1/s1. The van der Waals surface area contributed by atoms with Gasteiger partial charge in [-0.2, -0.15) is 0 Å². The predicted molar refractivity (Wildman–Crippen MR) is 147 cm³/mol. The van der Waals surface area contributed by atoms with Gasteiger partial charge in [0.05, 0.1) is 11.1 Å². The smallest absolute Gasteiger partial charge is 0.251 e. The van der Waals surface area contributed by atoms with Crippen LogP contribution in [0.15, 0.2) is 71.1 Å². The Balaban J connectivity index is 1.01. The number of anilines is 1. The maximum atomic E-state index is 13.6. The van der Waals surface area contributed by atoms with Crippen LogP contribution in [0.25, 0.3) is 11.3 Å². The van der Waals surface area contributed by atoms with Gasteiger partial charge in [0.2, 0.25) is 5.91 Å². The molecule has 6 nitrogen and oxygen atoms in total. The molecule has 3 fully saturated rings. The normalized spacial score (nSPS) is 22.8. The molecule has 7 heteroatoms. The number of allylic oxidation sites excluding steroid dienone is 2. The van der Waals surface area contributed by atoms with Crippen LogP contribution in [0.1, 0.15) is 60.9 Å². The molecule has 1 heterocycles. The first-order chi connectivity index (χ1) is 18.5. The monoisotopic (exact) mass is 523 g/mol. The zero-order valence-electron chi connectivity index (χ0n) is 21.0. The molecular formula is C31H29N3O3S. The maximum Gasteiger partial charge on any atom is 0.251 e. The van der Waals surface area contributed by atoms with Crippen molar-refractivity contribution in [3.05, 3.63) is 82.3 Å². The van der Waals surface area contributed by atoms with Gasteiger partial charge in [-0.25, -0.2) is 4.98 Å². The number of thiazole rings is 1. The molecule has 1 unspecified atom stereocenters. The first-order valence-corrected chi connectivity index (χ1v) is 14.4. The van der Waals surface area contributed by atoms with E-state index in [1.165, 1.54) is 16.9 Å². The van der Waals surface area contributed by atoms with Crippen LogP contribution in [-0.2, 0) is 15.0 Å². The topological polar surface area (TPSA) is 88.2 Å². The highest BCUT2D eigenvalue weighted by Crippen LogP contribution is 2.60. The van der Waals surface area contributed by atoms with Crippen molar-refractivity contribution in [1.82, 2.24) is 10.3 Å². The van der Waals surface area contributed by atoms with Gasteiger partial charge in [0.15, 0.2) is 10.9 Å². The third-order valence-corrected chi connectivity index (χ3v) is 9.25. The molecule has 38 heavy (non-hydrogen) atoms. The van der Waals surface area contributed by atoms with Gasteiger partial charge in [-0.15, -0.1) is 11.3 Å². The lowest BCUT2D eigenvalue weighted by Crippen LogP contribution is -2.29. The van der Waals surface area contributed by atoms with E-state index < -0.39 is 0 Å². The van der Waals surface area contributed by atoms with Gasteiger partial charge in [-0.05, 0) is 62.6 Å². The largest absolute Gasteiger partial charge is 0.349 e. The molecule has 3 aromatic rings. The van der Waals surface area contributed by atoms with Crippen molar-refractivity contribution >= 4 is 34.1 Å². The van der Waals surface area contributed by atoms with Crippen LogP contribution < -0.4 is 10.6 Å². The van der Waals surface area contributed by atoms with Gasteiger partial charge < -0.3 is 10.6 Å². The number of hydrogen-bond donors (Lipinski definition) is 2. The Morgan fingerprint density at radius 1 is 0.947 bits per heavy atom. The Hall–Kier alpha value is -3.58. The average Bonchev–Trinajstić information content (AvgIpc) is 3.87.